The highest BCUT2D eigenvalue weighted by molar-refractivity contribution is 7.15. The Hall–Kier alpha value is -3.26. The van der Waals surface area contributed by atoms with Gasteiger partial charge in [0.1, 0.15) is 5.54 Å². The van der Waals surface area contributed by atoms with Gasteiger partial charge in [0.15, 0.2) is 0 Å². The van der Waals surface area contributed by atoms with Crippen LogP contribution in [0.3, 0.4) is 0 Å². The van der Waals surface area contributed by atoms with Crippen molar-refractivity contribution in [2.45, 2.75) is 12.5 Å². The monoisotopic (exact) mass is 475 g/mol. The van der Waals surface area contributed by atoms with Crippen LogP contribution in [0.15, 0.2) is 71.9 Å². The molecule has 1 aromatic carbocycles. The summed E-state index contributed by atoms with van der Waals surface area (Å²) >= 11 is 7.79. The SMILES string of the molecule is Cc1ccc(-c2cc(=O)n(C)c3ccc([C@](N)(c4ccc(Cl)cc4)c4cncn4C)nc23)s1. The standard InChI is InChI=1S/C25H22ClN5OS/c1-15-4-10-20(33-15)18-12-23(32)31(3)19-9-11-21(29-24(18)19)25(27,22-13-28-14-30(22)2)16-5-7-17(26)8-6-16/h4-14H,27H2,1-3H3/t25-/m1/s1. The zero-order valence-electron chi connectivity index (χ0n) is 18.4. The minimum atomic E-state index is -1.08. The fourth-order valence-corrected chi connectivity index (χ4v) is 5.20. The number of nitrogens with two attached hydrogens (primary N) is 1. The maximum atomic E-state index is 12.7. The van der Waals surface area contributed by atoms with Gasteiger partial charge in [0.25, 0.3) is 5.56 Å². The van der Waals surface area contributed by atoms with E-state index in [0.717, 1.165) is 32.7 Å². The molecule has 0 amide bonds. The van der Waals surface area contributed by atoms with E-state index in [1.807, 2.05) is 67.1 Å². The smallest absolute Gasteiger partial charge is 0.251 e. The number of aryl methyl sites for hydroxylation is 3. The number of aromatic nitrogens is 4. The van der Waals surface area contributed by atoms with Crippen LogP contribution in [-0.4, -0.2) is 19.1 Å². The minimum Gasteiger partial charge on any atom is -0.335 e. The van der Waals surface area contributed by atoms with Crippen molar-refractivity contribution in [1.82, 2.24) is 19.1 Å². The first-order valence-electron chi connectivity index (χ1n) is 10.4. The summed E-state index contributed by atoms with van der Waals surface area (Å²) in [4.78, 5) is 24.2. The van der Waals surface area contributed by atoms with Gasteiger partial charge in [0.05, 0.1) is 34.9 Å². The molecule has 5 aromatic rings. The number of fused-ring (bicyclic) bond motifs is 1. The van der Waals surface area contributed by atoms with Crippen LogP contribution in [-0.2, 0) is 19.6 Å². The van der Waals surface area contributed by atoms with Crippen molar-refractivity contribution in [1.29, 1.82) is 0 Å². The van der Waals surface area contributed by atoms with E-state index >= 15 is 0 Å². The third-order valence-corrected chi connectivity index (χ3v) is 7.30. The van der Waals surface area contributed by atoms with E-state index in [1.165, 1.54) is 4.88 Å². The number of halogens is 1. The second kappa shape index (κ2) is 7.95. The van der Waals surface area contributed by atoms with Gasteiger partial charge in [0.2, 0.25) is 0 Å². The molecule has 8 heteroatoms. The molecule has 33 heavy (non-hydrogen) atoms. The first-order chi connectivity index (χ1) is 15.8. The largest absolute Gasteiger partial charge is 0.335 e. The molecule has 0 fully saturated rings. The van der Waals surface area contributed by atoms with Crippen LogP contribution < -0.4 is 11.3 Å². The first kappa shape index (κ1) is 21.6. The van der Waals surface area contributed by atoms with Crippen LogP contribution in [0.2, 0.25) is 5.02 Å². The highest BCUT2D eigenvalue weighted by Crippen LogP contribution is 2.36. The highest BCUT2D eigenvalue weighted by Gasteiger charge is 2.36. The maximum absolute atomic E-state index is 12.7. The molecule has 0 aliphatic rings. The molecule has 0 bridgehead atoms. The molecular weight excluding hydrogens is 454 g/mol. The fraction of sp³-hybridized carbons (Fsp3) is 0.160. The first-order valence-corrected chi connectivity index (χ1v) is 11.6. The van der Waals surface area contributed by atoms with Crippen molar-refractivity contribution in [3.8, 4) is 10.4 Å². The Morgan fingerprint density at radius 1 is 1.06 bits per heavy atom. The van der Waals surface area contributed by atoms with Gasteiger partial charge in [-0.25, -0.2) is 9.97 Å². The minimum absolute atomic E-state index is 0.0820. The quantitative estimate of drug-likeness (QED) is 0.411. The van der Waals surface area contributed by atoms with Crippen molar-refractivity contribution in [2.24, 2.45) is 19.8 Å². The predicted octanol–water partition coefficient (Wildman–Crippen LogP) is 4.61. The van der Waals surface area contributed by atoms with Gasteiger partial charge >= 0.3 is 0 Å². The average Bonchev–Trinajstić information content (AvgIpc) is 3.44. The summed E-state index contributed by atoms with van der Waals surface area (Å²) in [6.07, 6.45) is 3.47. The summed E-state index contributed by atoms with van der Waals surface area (Å²) < 4.78 is 3.51. The summed E-state index contributed by atoms with van der Waals surface area (Å²) in [5, 5.41) is 0.628. The van der Waals surface area contributed by atoms with Gasteiger partial charge in [-0.2, -0.15) is 0 Å². The zero-order chi connectivity index (χ0) is 23.3. The number of imidazole rings is 1. The number of rotatable bonds is 4. The molecule has 4 aromatic heterocycles. The molecule has 2 N–H and O–H groups in total. The molecule has 0 radical (unpaired) electrons. The highest BCUT2D eigenvalue weighted by atomic mass is 35.5. The Morgan fingerprint density at radius 2 is 1.82 bits per heavy atom. The van der Waals surface area contributed by atoms with E-state index in [9.17, 15) is 4.79 Å². The van der Waals surface area contributed by atoms with Gasteiger partial charge in [-0.3, -0.25) is 4.79 Å². The van der Waals surface area contributed by atoms with E-state index in [-0.39, 0.29) is 5.56 Å². The van der Waals surface area contributed by atoms with Gasteiger partial charge in [-0.15, -0.1) is 11.3 Å². The number of pyridine rings is 2. The van der Waals surface area contributed by atoms with Crippen LogP contribution in [0.5, 0.6) is 0 Å². The molecule has 1 atom stereocenters. The molecule has 4 heterocycles. The van der Waals surface area contributed by atoms with Gasteiger partial charge in [-0.1, -0.05) is 23.7 Å². The fourth-order valence-electron chi connectivity index (χ4n) is 4.19. The number of benzene rings is 1. The Labute approximate surface area is 199 Å². The number of nitrogens with zero attached hydrogens (tertiary/aromatic N) is 4. The third-order valence-electron chi connectivity index (χ3n) is 6.02. The van der Waals surface area contributed by atoms with Gasteiger partial charge < -0.3 is 14.9 Å². The van der Waals surface area contributed by atoms with E-state index in [1.54, 1.807) is 41.5 Å². The Bertz CT molecular complexity index is 1550. The molecule has 5 rings (SSSR count). The lowest BCUT2D eigenvalue weighted by atomic mass is 9.84. The maximum Gasteiger partial charge on any atom is 0.251 e. The van der Waals surface area contributed by atoms with Gasteiger partial charge in [-0.05, 0) is 48.9 Å². The van der Waals surface area contributed by atoms with Crippen molar-refractivity contribution in [2.75, 3.05) is 0 Å². The number of hydrogen-bond acceptors (Lipinski definition) is 5. The molecule has 6 nitrogen and oxygen atoms in total. The van der Waals surface area contributed by atoms with Crippen molar-refractivity contribution >= 4 is 34.0 Å². The Morgan fingerprint density at radius 3 is 2.45 bits per heavy atom. The van der Waals surface area contributed by atoms with E-state index < -0.39 is 5.54 Å². The molecule has 0 saturated carbocycles. The molecule has 0 aliphatic carbocycles. The average molecular weight is 476 g/mol. The van der Waals surface area contributed by atoms with Crippen LogP contribution in [0.4, 0.5) is 0 Å². The topological polar surface area (TPSA) is 78.7 Å². The van der Waals surface area contributed by atoms with Crippen molar-refractivity contribution in [3.63, 3.8) is 0 Å². The van der Waals surface area contributed by atoms with E-state index in [2.05, 4.69) is 4.98 Å². The lowest BCUT2D eigenvalue weighted by Crippen LogP contribution is -2.41. The van der Waals surface area contributed by atoms with Crippen LogP contribution in [0.1, 0.15) is 21.8 Å². The lowest BCUT2D eigenvalue weighted by molar-refractivity contribution is 0.580. The molecule has 0 aliphatic heterocycles. The second-order valence-electron chi connectivity index (χ2n) is 8.13. The molecule has 0 spiro atoms. The summed E-state index contributed by atoms with van der Waals surface area (Å²) in [6.45, 7) is 2.05. The van der Waals surface area contributed by atoms with Crippen molar-refractivity contribution in [3.05, 3.63) is 104 Å². The molecular formula is C25H22ClN5OS. The van der Waals surface area contributed by atoms with Gasteiger partial charge in [0, 0.05) is 40.5 Å². The summed E-state index contributed by atoms with van der Waals surface area (Å²) in [5.74, 6) is 0. The molecule has 0 unspecified atom stereocenters. The van der Waals surface area contributed by atoms with E-state index in [4.69, 9.17) is 22.3 Å². The Balaban J connectivity index is 1.83. The van der Waals surface area contributed by atoms with Crippen molar-refractivity contribution < 1.29 is 0 Å². The van der Waals surface area contributed by atoms with Crippen LogP contribution >= 0.6 is 22.9 Å². The zero-order valence-corrected chi connectivity index (χ0v) is 20.0. The lowest BCUT2D eigenvalue weighted by Gasteiger charge is -2.30. The predicted molar refractivity (Wildman–Crippen MR) is 134 cm³/mol. The summed E-state index contributed by atoms with van der Waals surface area (Å²) in [6, 6.07) is 17.0. The normalized spacial score (nSPS) is 13.4. The Kier molecular flexibility index (Phi) is 5.20. The molecule has 166 valence electrons. The summed E-state index contributed by atoms with van der Waals surface area (Å²) in [7, 11) is 3.66. The third kappa shape index (κ3) is 3.49. The summed E-state index contributed by atoms with van der Waals surface area (Å²) in [5.41, 5.74) is 10.6. The van der Waals surface area contributed by atoms with Crippen LogP contribution in [0.25, 0.3) is 21.5 Å². The second-order valence-corrected chi connectivity index (χ2v) is 9.86. The number of hydrogen-bond donors (Lipinski definition) is 1. The van der Waals surface area contributed by atoms with E-state index in [0.29, 0.717) is 10.7 Å². The molecule has 0 saturated heterocycles. The number of thiophene rings is 1. The van der Waals surface area contributed by atoms with Crippen LogP contribution in [0, 0.1) is 6.92 Å².